The molecule has 154 valence electrons. The average Bonchev–Trinajstić information content (AvgIpc) is 2.78. The Morgan fingerprint density at radius 1 is 0.867 bits per heavy atom. The lowest BCUT2D eigenvalue weighted by molar-refractivity contribution is -0.119. The topological polar surface area (TPSA) is 64.6 Å². The maximum absolute atomic E-state index is 12.3. The van der Waals surface area contributed by atoms with Crippen LogP contribution in [0.15, 0.2) is 78.9 Å². The fourth-order valence-electron chi connectivity index (χ4n) is 2.94. The minimum Gasteiger partial charge on any atom is -0.457 e. The number of carbonyl (C=O) groups excluding carboxylic acids is 2. The van der Waals surface area contributed by atoms with Crippen LogP contribution in [0.2, 0.25) is 0 Å². The molecule has 0 saturated heterocycles. The second-order valence-corrected chi connectivity index (χ2v) is 6.96. The molecule has 0 bridgehead atoms. The molecule has 0 saturated carbocycles. The summed E-state index contributed by atoms with van der Waals surface area (Å²) in [5, 5.41) is 2.83. The number of para-hydroxylation sites is 2. The lowest BCUT2D eigenvalue weighted by Crippen LogP contribution is -2.21. The third-order valence-electron chi connectivity index (χ3n) is 4.78. The van der Waals surface area contributed by atoms with Gasteiger partial charge in [-0.1, -0.05) is 50.2 Å². The van der Waals surface area contributed by atoms with Crippen molar-refractivity contribution in [3.8, 4) is 11.5 Å². The number of hydrogen-bond acceptors (Lipinski definition) is 4. The summed E-state index contributed by atoms with van der Waals surface area (Å²) in [6, 6.07) is 23.6. The Morgan fingerprint density at radius 2 is 1.50 bits per heavy atom. The Bertz CT molecular complexity index is 984. The molecule has 3 rings (SSSR count). The first kappa shape index (κ1) is 21.1. The Morgan fingerprint density at radius 3 is 2.20 bits per heavy atom. The molecule has 0 unspecified atom stereocenters. The summed E-state index contributed by atoms with van der Waals surface area (Å²) >= 11 is 0. The molecule has 0 aliphatic rings. The van der Waals surface area contributed by atoms with Gasteiger partial charge >= 0.3 is 5.97 Å². The first-order valence-electron chi connectivity index (χ1n) is 9.95. The smallest absolute Gasteiger partial charge is 0.338 e. The molecule has 3 aromatic rings. The van der Waals surface area contributed by atoms with E-state index in [1.165, 1.54) is 0 Å². The van der Waals surface area contributed by atoms with Gasteiger partial charge in [0.05, 0.1) is 5.56 Å². The molecule has 1 N–H and O–H groups in total. The number of anilines is 1. The molecule has 0 spiro atoms. The molecular formula is C25H25NO4. The van der Waals surface area contributed by atoms with Crippen LogP contribution in [0.3, 0.4) is 0 Å². The molecule has 3 aromatic carbocycles. The molecule has 0 aliphatic carbocycles. The van der Waals surface area contributed by atoms with Crippen LogP contribution in [0, 0.1) is 0 Å². The highest BCUT2D eigenvalue weighted by molar-refractivity contribution is 5.96. The lowest BCUT2D eigenvalue weighted by atomic mass is 9.97. The molecule has 5 nitrogen and oxygen atoms in total. The zero-order valence-corrected chi connectivity index (χ0v) is 17.1. The van der Waals surface area contributed by atoms with E-state index in [2.05, 4.69) is 19.2 Å². The minimum absolute atomic E-state index is 0.320. The van der Waals surface area contributed by atoms with E-state index < -0.39 is 5.97 Å². The standard InChI is InChI=1S/C25H25NO4/c1-3-18(2)22-11-7-8-12-23(22)26-24(27)17-29-25(28)19-13-15-21(16-14-19)30-20-9-5-4-6-10-20/h4-16,18H,3,17H2,1-2H3,(H,26,27)/t18-/m1/s1. The summed E-state index contributed by atoms with van der Waals surface area (Å²) in [7, 11) is 0. The van der Waals surface area contributed by atoms with E-state index in [-0.39, 0.29) is 12.5 Å². The van der Waals surface area contributed by atoms with Crippen LogP contribution >= 0.6 is 0 Å². The van der Waals surface area contributed by atoms with Gasteiger partial charge in [-0.05, 0) is 60.4 Å². The summed E-state index contributed by atoms with van der Waals surface area (Å²) in [6.07, 6.45) is 0.964. The molecule has 0 aliphatic heterocycles. The number of benzene rings is 3. The molecule has 0 heterocycles. The first-order valence-corrected chi connectivity index (χ1v) is 9.95. The van der Waals surface area contributed by atoms with Crippen molar-refractivity contribution in [2.24, 2.45) is 0 Å². The van der Waals surface area contributed by atoms with E-state index in [9.17, 15) is 9.59 Å². The van der Waals surface area contributed by atoms with E-state index in [0.29, 0.717) is 23.0 Å². The van der Waals surface area contributed by atoms with E-state index >= 15 is 0 Å². The Kier molecular flexibility index (Phi) is 7.22. The third kappa shape index (κ3) is 5.70. The zero-order chi connectivity index (χ0) is 21.3. The predicted molar refractivity (Wildman–Crippen MR) is 117 cm³/mol. The van der Waals surface area contributed by atoms with Gasteiger partial charge in [-0.2, -0.15) is 0 Å². The van der Waals surface area contributed by atoms with Crippen LogP contribution in [-0.4, -0.2) is 18.5 Å². The van der Waals surface area contributed by atoms with Crippen molar-refractivity contribution in [3.63, 3.8) is 0 Å². The maximum atomic E-state index is 12.3. The summed E-state index contributed by atoms with van der Waals surface area (Å²) in [4.78, 5) is 24.5. The zero-order valence-electron chi connectivity index (χ0n) is 17.1. The summed E-state index contributed by atoms with van der Waals surface area (Å²) in [5.41, 5.74) is 2.16. The molecule has 0 radical (unpaired) electrons. The first-order chi connectivity index (χ1) is 14.6. The van der Waals surface area contributed by atoms with Crippen LogP contribution in [0.4, 0.5) is 5.69 Å². The number of hydrogen-bond donors (Lipinski definition) is 1. The van der Waals surface area contributed by atoms with Gasteiger partial charge in [-0.3, -0.25) is 4.79 Å². The molecular weight excluding hydrogens is 378 g/mol. The summed E-state index contributed by atoms with van der Waals surface area (Å²) < 4.78 is 10.9. The number of amides is 1. The van der Waals surface area contributed by atoms with Gasteiger partial charge in [0.1, 0.15) is 11.5 Å². The Labute approximate surface area is 176 Å². The van der Waals surface area contributed by atoms with Crippen molar-refractivity contribution in [2.45, 2.75) is 26.2 Å². The summed E-state index contributed by atoms with van der Waals surface area (Å²) in [6.45, 7) is 3.85. The number of carbonyl (C=O) groups is 2. The Balaban J connectivity index is 1.53. The highest BCUT2D eigenvalue weighted by atomic mass is 16.5. The van der Waals surface area contributed by atoms with Gasteiger partial charge in [-0.15, -0.1) is 0 Å². The third-order valence-corrected chi connectivity index (χ3v) is 4.78. The van der Waals surface area contributed by atoms with E-state index in [0.717, 1.165) is 17.7 Å². The fraction of sp³-hybridized carbons (Fsp3) is 0.200. The Hall–Kier alpha value is -3.60. The molecule has 0 fully saturated rings. The highest BCUT2D eigenvalue weighted by Crippen LogP contribution is 2.26. The maximum Gasteiger partial charge on any atom is 0.338 e. The molecule has 1 atom stereocenters. The van der Waals surface area contributed by atoms with Crippen LogP contribution < -0.4 is 10.1 Å². The van der Waals surface area contributed by atoms with Crippen molar-refractivity contribution in [1.29, 1.82) is 0 Å². The van der Waals surface area contributed by atoms with Gasteiger partial charge in [0, 0.05) is 5.69 Å². The molecule has 0 aromatic heterocycles. The monoisotopic (exact) mass is 403 g/mol. The highest BCUT2D eigenvalue weighted by Gasteiger charge is 2.14. The van der Waals surface area contributed by atoms with Crippen LogP contribution in [0.25, 0.3) is 0 Å². The molecule has 5 heteroatoms. The average molecular weight is 403 g/mol. The van der Waals surface area contributed by atoms with Crippen LogP contribution in [-0.2, 0) is 9.53 Å². The van der Waals surface area contributed by atoms with E-state index in [4.69, 9.17) is 9.47 Å². The van der Waals surface area contributed by atoms with Crippen LogP contribution in [0.1, 0.15) is 42.1 Å². The van der Waals surface area contributed by atoms with Crippen molar-refractivity contribution in [3.05, 3.63) is 90.0 Å². The quantitative estimate of drug-likeness (QED) is 0.484. The van der Waals surface area contributed by atoms with Crippen molar-refractivity contribution in [2.75, 3.05) is 11.9 Å². The fourth-order valence-corrected chi connectivity index (χ4v) is 2.94. The van der Waals surface area contributed by atoms with Gasteiger partial charge < -0.3 is 14.8 Å². The van der Waals surface area contributed by atoms with Crippen molar-refractivity contribution >= 4 is 17.6 Å². The number of ether oxygens (including phenoxy) is 2. The van der Waals surface area contributed by atoms with Gasteiger partial charge in [0.25, 0.3) is 5.91 Å². The van der Waals surface area contributed by atoms with E-state index in [1.54, 1.807) is 24.3 Å². The number of rotatable bonds is 8. The van der Waals surface area contributed by atoms with Crippen molar-refractivity contribution in [1.82, 2.24) is 0 Å². The largest absolute Gasteiger partial charge is 0.457 e. The SMILES string of the molecule is CC[C@@H](C)c1ccccc1NC(=O)COC(=O)c1ccc(Oc2ccccc2)cc1. The van der Waals surface area contributed by atoms with Crippen molar-refractivity contribution < 1.29 is 19.1 Å². The van der Waals surface area contributed by atoms with Gasteiger partial charge in [0.2, 0.25) is 0 Å². The number of esters is 1. The molecule has 30 heavy (non-hydrogen) atoms. The van der Waals surface area contributed by atoms with Gasteiger partial charge in [-0.25, -0.2) is 4.79 Å². The molecule has 1 amide bonds. The summed E-state index contributed by atoms with van der Waals surface area (Å²) in [5.74, 6) is 0.703. The number of nitrogens with one attached hydrogen (secondary N) is 1. The second-order valence-electron chi connectivity index (χ2n) is 6.96. The normalized spacial score (nSPS) is 11.4. The van der Waals surface area contributed by atoms with E-state index in [1.807, 2.05) is 54.6 Å². The van der Waals surface area contributed by atoms with Gasteiger partial charge in [0.15, 0.2) is 6.61 Å². The minimum atomic E-state index is -0.563. The van der Waals surface area contributed by atoms with Crippen LogP contribution in [0.5, 0.6) is 11.5 Å². The predicted octanol–water partition coefficient (Wildman–Crippen LogP) is 5.79. The second kappa shape index (κ2) is 10.3. The lowest BCUT2D eigenvalue weighted by Gasteiger charge is -2.15.